The smallest absolute Gasteiger partial charge is 0.138 e. The molecule has 2 fully saturated rings. The topological polar surface area (TPSA) is 34.1 Å². The number of carbonyl (C=O) groups excluding carboxylic acids is 2. The molecular weight excluding hydrogens is 164 g/mol. The molecule has 3 atom stereocenters. The zero-order valence-corrected chi connectivity index (χ0v) is 8.08. The Balaban J connectivity index is 2.25. The van der Waals surface area contributed by atoms with Crippen molar-refractivity contribution in [1.29, 1.82) is 0 Å². The average Bonchev–Trinajstić information content (AvgIpc) is 2.15. The van der Waals surface area contributed by atoms with Gasteiger partial charge in [0.25, 0.3) is 0 Å². The summed E-state index contributed by atoms with van der Waals surface area (Å²) in [6, 6.07) is 0. The highest BCUT2D eigenvalue weighted by Gasteiger charge is 2.45. The summed E-state index contributed by atoms with van der Waals surface area (Å²) in [5.41, 5.74) is -0.129. The lowest BCUT2D eigenvalue weighted by Gasteiger charge is -2.43. The van der Waals surface area contributed by atoms with E-state index in [0.29, 0.717) is 5.78 Å². The van der Waals surface area contributed by atoms with Crippen molar-refractivity contribution >= 4 is 12.1 Å². The largest absolute Gasteiger partial charge is 0.303 e. The monoisotopic (exact) mass is 180 g/mol. The Bertz CT molecular complexity index is 242. The van der Waals surface area contributed by atoms with E-state index in [9.17, 15) is 9.59 Å². The van der Waals surface area contributed by atoms with Gasteiger partial charge in [-0.2, -0.15) is 0 Å². The van der Waals surface area contributed by atoms with Crippen LogP contribution in [0.3, 0.4) is 0 Å². The molecule has 0 aromatic carbocycles. The molecule has 13 heavy (non-hydrogen) atoms. The van der Waals surface area contributed by atoms with E-state index in [1.165, 1.54) is 0 Å². The van der Waals surface area contributed by atoms with Gasteiger partial charge in [0.1, 0.15) is 12.1 Å². The highest BCUT2D eigenvalue weighted by molar-refractivity contribution is 5.86. The molecule has 2 rings (SSSR count). The summed E-state index contributed by atoms with van der Waals surface area (Å²) < 4.78 is 0. The van der Waals surface area contributed by atoms with Gasteiger partial charge < -0.3 is 4.79 Å². The molecule has 0 amide bonds. The minimum atomic E-state index is -0.129. The van der Waals surface area contributed by atoms with Crippen LogP contribution in [0.4, 0.5) is 0 Å². The standard InChI is InChI=1S/C11H16O2/c1-8-5-11(7-12)4-2-3-9(6-11)10(8)13/h7-9H,2-6H2,1H3. The second-order valence-corrected chi connectivity index (χ2v) is 4.78. The van der Waals surface area contributed by atoms with Gasteiger partial charge in [-0.05, 0) is 25.7 Å². The molecule has 2 aliphatic carbocycles. The number of ketones is 1. The fourth-order valence-corrected chi connectivity index (χ4v) is 3.09. The molecule has 0 aliphatic heterocycles. The summed E-state index contributed by atoms with van der Waals surface area (Å²) in [7, 11) is 0. The van der Waals surface area contributed by atoms with E-state index < -0.39 is 0 Å². The summed E-state index contributed by atoms with van der Waals surface area (Å²) in [6.45, 7) is 1.97. The van der Waals surface area contributed by atoms with Crippen LogP contribution < -0.4 is 0 Å². The second-order valence-electron chi connectivity index (χ2n) is 4.78. The molecule has 0 saturated heterocycles. The Kier molecular flexibility index (Phi) is 2.01. The zero-order chi connectivity index (χ0) is 9.47. The van der Waals surface area contributed by atoms with Crippen molar-refractivity contribution in [3.8, 4) is 0 Å². The molecule has 0 spiro atoms. The molecule has 0 aromatic heterocycles. The summed E-state index contributed by atoms with van der Waals surface area (Å²) in [6.07, 6.45) is 5.82. The first-order chi connectivity index (χ1) is 6.17. The van der Waals surface area contributed by atoms with Gasteiger partial charge in [-0.15, -0.1) is 0 Å². The third-order valence-corrected chi connectivity index (χ3v) is 3.73. The van der Waals surface area contributed by atoms with Crippen LogP contribution in [0.25, 0.3) is 0 Å². The Morgan fingerprint density at radius 2 is 2.23 bits per heavy atom. The Hall–Kier alpha value is -0.660. The quantitative estimate of drug-likeness (QED) is 0.578. The second kappa shape index (κ2) is 2.93. The third-order valence-electron chi connectivity index (χ3n) is 3.73. The highest BCUT2D eigenvalue weighted by atomic mass is 16.1. The van der Waals surface area contributed by atoms with Crippen LogP contribution in [-0.2, 0) is 9.59 Å². The maximum atomic E-state index is 11.7. The van der Waals surface area contributed by atoms with Gasteiger partial charge >= 0.3 is 0 Å². The van der Waals surface area contributed by atoms with E-state index in [-0.39, 0.29) is 17.3 Å². The van der Waals surface area contributed by atoms with Crippen molar-refractivity contribution in [3.63, 3.8) is 0 Å². The lowest BCUT2D eigenvalue weighted by atomic mass is 9.59. The molecule has 3 unspecified atom stereocenters. The molecule has 2 heteroatoms. The van der Waals surface area contributed by atoms with Crippen molar-refractivity contribution in [2.24, 2.45) is 17.3 Å². The van der Waals surface area contributed by atoms with Gasteiger partial charge in [0.2, 0.25) is 0 Å². The van der Waals surface area contributed by atoms with Crippen molar-refractivity contribution < 1.29 is 9.59 Å². The van der Waals surface area contributed by atoms with Crippen molar-refractivity contribution in [1.82, 2.24) is 0 Å². The summed E-state index contributed by atoms with van der Waals surface area (Å²) >= 11 is 0. The normalized spacial score (nSPS) is 44.5. The van der Waals surface area contributed by atoms with Crippen molar-refractivity contribution in [3.05, 3.63) is 0 Å². The molecule has 72 valence electrons. The van der Waals surface area contributed by atoms with E-state index in [1.807, 2.05) is 6.92 Å². The lowest BCUT2D eigenvalue weighted by Crippen LogP contribution is -2.43. The minimum Gasteiger partial charge on any atom is -0.303 e. The Labute approximate surface area is 78.7 Å². The number of hydrogen-bond donors (Lipinski definition) is 0. The lowest BCUT2D eigenvalue weighted by molar-refractivity contribution is -0.138. The Morgan fingerprint density at radius 1 is 1.46 bits per heavy atom. The van der Waals surface area contributed by atoms with E-state index in [1.54, 1.807) is 0 Å². The maximum absolute atomic E-state index is 11.7. The molecule has 2 nitrogen and oxygen atoms in total. The van der Waals surface area contributed by atoms with Gasteiger partial charge in [0.05, 0.1) is 0 Å². The SMILES string of the molecule is CC1CC2(C=O)CCCC(C2)C1=O. The molecule has 2 saturated carbocycles. The van der Waals surface area contributed by atoms with Crippen LogP contribution >= 0.6 is 0 Å². The average molecular weight is 180 g/mol. The van der Waals surface area contributed by atoms with Gasteiger partial charge in [-0.25, -0.2) is 0 Å². The number of fused-ring (bicyclic) bond motifs is 2. The first-order valence-corrected chi connectivity index (χ1v) is 5.17. The van der Waals surface area contributed by atoms with Gasteiger partial charge in [-0.3, -0.25) is 4.79 Å². The van der Waals surface area contributed by atoms with Gasteiger partial charge in [-0.1, -0.05) is 13.3 Å². The molecule has 2 bridgehead atoms. The molecule has 0 aromatic rings. The summed E-state index contributed by atoms with van der Waals surface area (Å²) in [5, 5.41) is 0. The fraction of sp³-hybridized carbons (Fsp3) is 0.818. The van der Waals surface area contributed by atoms with Crippen molar-refractivity contribution in [2.75, 3.05) is 0 Å². The number of carbonyl (C=O) groups is 2. The molecule has 0 heterocycles. The molecule has 2 aliphatic rings. The molecule has 0 N–H and O–H groups in total. The Morgan fingerprint density at radius 3 is 2.92 bits per heavy atom. The van der Waals surface area contributed by atoms with Crippen LogP contribution in [0.5, 0.6) is 0 Å². The van der Waals surface area contributed by atoms with Crippen LogP contribution in [0.2, 0.25) is 0 Å². The van der Waals surface area contributed by atoms with E-state index >= 15 is 0 Å². The first kappa shape index (κ1) is 8.92. The van der Waals surface area contributed by atoms with E-state index in [2.05, 4.69) is 0 Å². The van der Waals surface area contributed by atoms with Gasteiger partial charge in [0, 0.05) is 17.3 Å². The predicted molar refractivity (Wildman–Crippen MR) is 49.2 cm³/mol. The zero-order valence-electron chi connectivity index (χ0n) is 8.08. The number of aldehydes is 1. The number of rotatable bonds is 1. The molecular formula is C11H16O2. The van der Waals surface area contributed by atoms with Crippen molar-refractivity contribution in [2.45, 2.75) is 39.0 Å². The van der Waals surface area contributed by atoms with Crippen LogP contribution in [0.15, 0.2) is 0 Å². The van der Waals surface area contributed by atoms with Crippen LogP contribution in [-0.4, -0.2) is 12.1 Å². The third kappa shape index (κ3) is 1.32. The number of hydrogen-bond acceptors (Lipinski definition) is 2. The summed E-state index contributed by atoms with van der Waals surface area (Å²) in [4.78, 5) is 22.7. The van der Waals surface area contributed by atoms with Gasteiger partial charge in [0.15, 0.2) is 0 Å². The number of Topliss-reactive ketones (excluding diaryl/α,β-unsaturated/α-hetero) is 1. The predicted octanol–water partition coefficient (Wildman–Crippen LogP) is 1.97. The fourth-order valence-electron chi connectivity index (χ4n) is 3.09. The van der Waals surface area contributed by atoms with Crippen LogP contribution in [0.1, 0.15) is 39.0 Å². The van der Waals surface area contributed by atoms with E-state index in [0.717, 1.165) is 38.4 Å². The minimum absolute atomic E-state index is 0.115. The van der Waals surface area contributed by atoms with E-state index in [4.69, 9.17) is 0 Å². The summed E-state index contributed by atoms with van der Waals surface area (Å²) in [5.74, 6) is 0.712. The highest BCUT2D eigenvalue weighted by Crippen LogP contribution is 2.47. The van der Waals surface area contributed by atoms with Crippen LogP contribution in [0, 0.1) is 17.3 Å². The molecule has 0 radical (unpaired) electrons. The first-order valence-electron chi connectivity index (χ1n) is 5.17. The maximum Gasteiger partial charge on any atom is 0.138 e.